The van der Waals surface area contributed by atoms with E-state index in [1.165, 1.54) is 0 Å². The lowest BCUT2D eigenvalue weighted by molar-refractivity contribution is 0.0943. The molecule has 6 heteroatoms. The van der Waals surface area contributed by atoms with Crippen LogP contribution in [0.15, 0.2) is 30.3 Å². The Morgan fingerprint density at radius 2 is 2.05 bits per heavy atom. The van der Waals surface area contributed by atoms with Crippen LogP contribution in [0, 0.1) is 12.8 Å². The van der Waals surface area contributed by atoms with Crippen LogP contribution in [0.3, 0.4) is 0 Å². The van der Waals surface area contributed by atoms with Gasteiger partial charge in [-0.3, -0.25) is 9.78 Å². The molecule has 4 nitrogen and oxygen atoms in total. The molecule has 1 amide bonds. The topological polar surface area (TPSA) is 54.0 Å². The first-order valence-corrected chi connectivity index (χ1v) is 6.59. The summed E-state index contributed by atoms with van der Waals surface area (Å²) in [7, 11) is 0. The normalized spacial score (nSPS) is 13.8. The highest BCUT2D eigenvalue weighted by atomic mass is 35.5. The fourth-order valence-corrected chi connectivity index (χ4v) is 2.32. The Balaban J connectivity index is 0.00000110. The average molecular weight is 328 g/mol. The highest BCUT2D eigenvalue weighted by Gasteiger charge is 2.18. The molecule has 1 fully saturated rings. The minimum Gasteiger partial charge on any atom is -0.352 e. The summed E-state index contributed by atoms with van der Waals surface area (Å²) in [5, 5.41) is 7.13. The zero-order chi connectivity index (χ0) is 13.2. The number of benzene rings is 1. The van der Waals surface area contributed by atoms with Gasteiger partial charge >= 0.3 is 0 Å². The Hall–Kier alpha value is -1.36. The quantitative estimate of drug-likeness (QED) is 0.909. The van der Waals surface area contributed by atoms with Crippen molar-refractivity contribution in [3.63, 3.8) is 0 Å². The highest BCUT2D eigenvalue weighted by Crippen LogP contribution is 2.18. The van der Waals surface area contributed by atoms with Crippen LogP contribution in [0.2, 0.25) is 0 Å². The first-order chi connectivity index (χ1) is 9.24. The fraction of sp³-hybridized carbons (Fsp3) is 0.333. The second-order valence-electron chi connectivity index (χ2n) is 5.06. The first kappa shape index (κ1) is 17.7. The highest BCUT2D eigenvalue weighted by molar-refractivity contribution is 6.06. The van der Waals surface area contributed by atoms with Crippen LogP contribution in [-0.2, 0) is 0 Å². The van der Waals surface area contributed by atoms with Gasteiger partial charge in [0.05, 0.1) is 11.1 Å². The van der Waals surface area contributed by atoms with Crippen LogP contribution in [0.1, 0.15) is 16.1 Å². The largest absolute Gasteiger partial charge is 0.352 e. The van der Waals surface area contributed by atoms with Crippen LogP contribution in [0.4, 0.5) is 0 Å². The van der Waals surface area contributed by atoms with Crippen molar-refractivity contribution in [2.45, 2.75) is 6.92 Å². The lowest BCUT2D eigenvalue weighted by atomic mass is 10.0. The number of hydrogen-bond donors (Lipinski definition) is 2. The third kappa shape index (κ3) is 3.84. The summed E-state index contributed by atoms with van der Waals surface area (Å²) in [4.78, 5) is 16.7. The lowest BCUT2D eigenvalue weighted by Crippen LogP contribution is -2.48. The van der Waals surface area contributed by atoms with Crippen molar-refractivity contribution < 1.29 is 4.79 Å². The molecular weight excluding hydrogens is 309 g/mol. The molecule has 1 aliphatic rings. The summed E-state index contributed by atoms with van der Waals surface area (Å²) < 4.78 is 0. The van der Waals surface area contributed by atoms with E-state index in [1.807, 2.05) is 37.3 Å². The maximum Gasteiger partial charge on any atom is 0.252 e. The Kier molecular flexibility index (Phi) is 6.40. The SMILES string of the molecule is Cc1cc(C(=O)NCC2CNC2)c2ccccc2n1.Cl.Cl. The van der Waals surface area contributed by atoms with Crippen molar-refractivity contribution in [3.05, 3.63) is 41.6 Å². The summed E-state index contributed by atoms with van der Waals surface area (Å²) >= 11 is 0. The number of para-hydroxylation sites is 1. The molecule has 2 aromatic rings. The Morgan fingerprint density at radius 3 is 2.71 bits per heavy atom. The third-order valence-corrected chi connectivity index (χ3v) is 3.51. The van der Waals surface area contributed by atoms with Gasteiger partial charge in [-0.15, -0.1) is 24.8 Å². The van der Waals surface area contributed by atoms with Crippen LogP contribution >= 0.6 is 24.8 Å². The number of carbonyl (C=O) groups excluding carboxylic acids is 1. The van der Waals surface area contributed by atoms with Gasteiger partial charge in [-0.1, -0.05) is 18.2 Å². The molecular formula is C15H19Cl2N3O. The molecule has 1 saturated heterocycles. The van der Waals surface area contributed by atoms with E-state index in [4.69, 9.17) is 0 Å². The number of rotatable bonds is 3. The Labute approximate surface area is 136 Å². The van der Waals surface area contributed by atoms with Crippen molar-refractivity contribution in [2.75, 3.05) is 19.6 Å². The van der Waals surface area contributed by atoms with Crippen molar-refractivity contribution in [1.29, 1.82) is 0 Å². The molecule has 0 radical (unpaired) electrons. The molecule has 1 aromatic heterocycles. The monoisotopic (exact) mass is 327 g/mol. The van der Waals surface area contributed by atoms with Gasteiger partial charge in [0.25, 0.3) is 5.91 Å². The van der Waals surface area contributed by atoms with E-state index in [1.54, 1.807) is 0 Å². The minimum absolute atomic E-state index is 0. The maximum atomic E-state index is 12.3. The molecule has 1 aliphatic heterocycles. The number of nitrogens with one attached hydrogen (secondary N) is 2. The van der Waals surface area contributed by atoms with E-state index in [0.29, 0.717) is 5.92 Å². The van der Waals surface area contributed by atoms with Crippen molar-refractivity contribution in [2.24, 2.45) is 5.92 Å². The number of nitrogens with zero attached hydrogens (tertiary/aromatic N) is 1. The Bertz CT molecular complexity index is 629. The molecule has 0 atom stereocenters. The minimum atomic E-state index is -0.00593. The van der Waals surface area contributed by atoms with Crippen LogP contribution in [0.25, 0.3) is 10.9 Å². The standard InChI is InChI=1S/C15H17N3O.2ClH/c1-10-6-13(12-4-2-3-5-14(12)18-10)15(19)17-9-11-7-16-8-11;;/h2-6,11,16H,7-9H2,1H3,(H,17,19);2*1H. The van der Waals surface area contributed by atoms with E-state index in [0.717, 1.165) is 41.8 Å². The first-order valence-electron chi connectivity index (χ1n) is 6.59. The van der Waals surface area contributed by atoms with Gasteiger partial charge in [0.2, 0.25) is 0 Å². The van der Waals surface area contributed by atoms with Gasteiger partial charge in [-0.2, -0.15) is 0 Å². The molecule has 2 heterocycles. The van der Waals surface area contributed by atoms with E-state index in [-0.39, 0.29) is 30.7 Å². The van der Waals surface area contributed by atoms with Gasteiger partial charge < -0.3 is 10.6 Å². The van der Waals surface area contributed by atoms with Crippen LogP contribution < -0.4 is 10.6 Å². The zero-order valence-electron chi connectivity index (χ0n) is 11.8. The predicted octanol–water partition coefficient (Wildman–Crippen LogP) is 2.34. The molecule has 0 aliphatic carbocycles. The number of fused-ring (bicyclic) bond motifs is 1. The number of hydrogen-bond acceptors (Lipinski definition) is 3. The third-order valence-electron chi connectivity index (χ3n) is 3.51. The number of carbonyl (C=O) groups is 1. The summed E-state index contributed by atoms with van der Waals surface area (Å²) in [5.41, 5.74) is 2.46. The molecule has 0 bridgehead atoms. The van der Waals surface area contributed by atoms with Crippen molar-refractivity contribution in [1.82, 2.24) is 15.6 Å². The molecule has 21 heavy (non-hydrogen) atoms. The number of aromatic nitrogens is 1. The molecule has 2 N–H and O–H groups in total. The summed E-state index contributed by atoms with van der Waals surface area (Å²) in [6.07, 6.45) is 0. The van der Waals surface area contributed by atoms with Crippen LogP contribution in [0.5, 0.6) is 0 Å². The molecule has 0 spiro atoms. The molecule has 114 valence electrons. The van der Waals surface area contributed by atoms with Crippen molar-refractivity contribution >= 4 is 41.6 Å². The van der Waals surface area contributed by atoms with E-state index < -0.39 is 0 Å². The van der Waals surface area contributed by atoms with E-state index >= 15 is 0 Å². The average Bonchev–Trinajstić information content (AvgIpc) is 2.35. The summed E-state index contributed by atoms with van der Waals surface area (Å²) in [6.45, 7) is 4.65. The molecule has 0 unspecified atom stereocenters. The van der Waals surface area contributed by atoms with Gasteiger partial charge in [0, 0.05) is 36.6 Å². The van der Waals surface area contributed by atoms with E-state index in [9.17, 15) is 4.79 Å². The number of aryl methyl sites for hydroxylation is 1. The van der Waals surface area contributed by atoms with Gasteiger partial charge in [-0.05, 0) is 19.1 Å². The molecule has 3 rings (SSSR count). The fourth-order valence-electron chi connectivity index (χ4n) is 2.32. The maximum absolute atomic E-state index is 12.3. The van der Waals surface area contributed by atoms with Gasteiger partial charge in [-0.25, -0.2) is 0 Å². The Morgan fingerprint density at radius 1 is 1.33 bits per heavy atom. The number of amides is 1. The number of halogens is 2. The molecule has 0 saturated carbocycles. The summed E-state index contributed by atoms with van der Waals surface area (Å²) in [6, 6.07) is 9.62. The van der Waals surface area contributed by atoms with Gasteiger partial charge in [0.1, 0.15) is 0 Å². The zero-order valence-corrected chi connectivity index (χ0v) is 13.4. The second-order valence-corrected chi connectivity index (χ2v) is 5.06. The number of pyridine rings is 1. The smallest absolute Gasteiger partial charge is 0.252 e. The summed E-state index contributed by atoms with van der Waals surface area (Å²) in [5.74, 6) is 0.562. The van der Waals surface area contributed by atoms with Crippen molar-refractivity contribution in [3.8, 4) is 0 Å². The van der Waals surface area contributed by atoms with Crippen LogP contribution in [-0.4, -0.2) is 30.5 Å². The van der Waals surface area contributed by atoms with E-state index in [2.05, 4.69) is 15.6 Å². The molecule has 1 aromatic carbocycles. The lowest BCUT2D eigenvalue weighted by Gasteiger charge is -2.27. The van der Waals surface area contributed by atoms with Gasteiger partial charge in [0.15, 0.2) is 0 Å². The second kappa shape index (κ2) is 7.59. The predicted molar refractivity (Wildman–Crippen MR) is 89.7 cm³/mol.